The molecule has 1 unspecified atom stereocenters. The van der Waals surface area contributed by atoms with Crippen LogP contribution in [0.5, 0.6) is 0 Å². The van der Waals surface area contributed by atoms with Gasteiger partial charge in [-0.2, -0.15) is 13.2 Å². The highest BCUT2D eigenvalue weighted by Gasteiger charge is 2.31. The van der Waals surface area contributed by atoms with Gasteiger partial charge in [-0.15, -0.1) is 0 Å². The van der Waals surface area contributed by atoms with Crippen molar-refractivity contribution in [2.24, 2.45) is 5.73 Å². The number of nitrogens with two attached hydrogens (primary N) is 1. The Labute approximate surface area is 112 Å². The van der Waals surface area contributed by atoms with Crippen LogP contribution < -0.4 is 10.6 Å². The number of halogens is 3. The summed E-state index contributed by atoms with van der Waals surface area (Å²) < 4.78 is 38.0. The van der Waals surface area contributed by atoms with E-state index in [2.05, 4.69) is 13.8 Å². The number of hydrogen-bond acceptors (Lipinski definition) is 2. The van der Waals surface area contributed by atoms with Crippen LogP contribution in [-0.4, -0.2) is 13.1 Å². The fourth-order valence-corrected chi connectivity index (χ4v) is 2.12. The molecule has 0 saturated carbocycles. The van der Waals surface area contributed by atoms with E-state index >= 15 is 0 Å². The number of nitrogens with zero attached hydrogens (tertiary/aromatic N) is 1. The summed E-state index contributed by atoms with van der Waals surface area (Å²) in [4.78, 5) is 1.99. The lowest BCUT2D eigenvalue weighted by Crippen LogP contribution is -2.30. The average Bonchev–Trinajstić information content (AvgIpc) is 2.36. The Morgan fingerprint density at radius 2 is 1.95 bits per heavy atom. The Kier molecular flexibility index (Phi) is 5.23. The van der Waals surface area contributed by atoms with Crippen molar-refractivity contribution in [3.8, 4) is 0 Å². The summed E-state index contributed by atoms with van der Waals surface area (Å²) in [6, 6.07) is 4.04. The monoisotopic (exact) mass is 274 g/mol. The molecule has 0 aliphatic carbocycles. The summed E-state index contributed by atoms with van der Waals surface area (Å²) in [5.41, 5.74) is 6.24. The van der Waals surface area contributed by atoms with Crippen LogP contribution in [0.15, 0.2) is 18.2 Å². The molecule has 0 aromatic heterocycles. The molecule has 0 spiro atoms. The summed E-state index contributed by atoms with van der Waals surface area (Å²) in [6.45, 7) is 4.24. The quantitative estimate of drug-likeness (QED) is 0.885. The molecule has 0 amide bonds. The van der Waals surface area contributed by atoms with Crippen LogP contribution in [0.1, 0.15) is 37.8 Å². The van der Waals surface area contributed by atoms with E-state index < -0.39 is 11.7 Å². The molecule has 0 fully saturated rings. The second-order valence-electron chi connectivity index (χ2n) is 4.79. The van der Waals surface area contributed by atoms with E-state index in [0.717, 1.165) is 30.7 Å². The van der Waals surface area contributed by atoms with Gasteiger partial charge in [0, 0.05) is 25.3 Å². The molecule has 0 radical (unpaired) electrons. The minimum absolute atomic E-state index is 0.0996. The van der Waals surface area contributed by atoms with Gasteiger partial charge in [0.1, 0.15) is 0 Å². The molecule has 19 heavy (non-hydrogen) atoms. The van der Waals surface area contributed by atoms with E-state index in [4.69, 9.17) is 5.73 Å². The first kappa shape index (κ1) is 15.8. The van der Waals surface area contributed by atoms with Crippen molar-refractivity contribution in [1.82, 2.24) is 0 Å². The van der Waals surface area contributed by atoms with Gasteiger partial charge >= 0.3 is 6.18 Å². The van der Waals surface area contributed by atoms with Crippen molar-refractivity contribution < 1.29 is 13.2 Å². The van der Waals surface area contributed by atoms with Gasteiger partial charge in [0.2, 0.25) is 0 Å². The van der Waals surface area contributed by atoms with Crippen LogP contribution >= 0.6 is 0 Å². The Hall–Kier alpha value is -1.23. The zero-order chi connectivity index (χ0) is 14.6. The van der Waals surface area contributed by atoms with Crippen molar-refractivity contribution in [2.75, 3.05) is 11.9 Å². The lowest BCUT2D eigenvalue weighted by Gasteiger charge is -2.29. The summed E-state index contributed by atoms with van der Waals surface area (Å²) in [7, 11) is 1.89. The van der Waals surface area contributed by atoms with Crippen LogP contribution in [0.25, 0.3) is 0 Å². The minimum Gasteiger partial charge on any atom is -0.372 e. The fraction of sp³-hybridized carbons (Fsp3) is 0.571. The van der Waals surface area contributed by atoms with Crippen molar-refractivity contribution in [3.63, 3.8) is 0 Å². The van der Waals surface area contributed by atoms with E-state index in [1.54, 1.807) is 0 Å². The second kappa shape index (κ2) is 6.28. The third kappa shape index (κ3) is 3.86. The Morgan fingerprint density at radius 3 is 2.42 bits per heavy atom. The van der Waals surface area contributed by atoms with E-state index in [9.17, 15) is 13.2 Å². The van der Waals surface area contributed by atoms with E-state index in [-0.39, 0.29) is 12.6 Å². The molecule has 0 aliphatic heterocycles. The normalized spacial score (nSPS) is 13.4. The molecule has 0 saturated heterocycles. The van der Waals surface area contributed by atoms with Crippen LogP contribution in [0, 0.1) is 0 Å². The molecule has 5 heteroatoms. The molecule has 1 aromatic rings. The van der Waals surface area contributed by atoms with Crippen molar-refractivity contribution in [1.29, 1.82) is 0 Å². The zero-order valence-electron chi connectivity index (χ0n) is 11.6. The van der Waals surface area contributed by atoms with Crippen molar-refractivity contribution >= 4 is 5.69 Å². The average molecular weight is 274 g/mol. The summed E-state index contributed by atoms with van der Waals surface area (Å²) in [5.74, 6) is 0. The molecule has 0 heterocycles. The van der Waals surface area contributed by atoms with Gasteiger partial charge in [0.25, 0.3) is 0 Å². The smallest absolute Gasteiger partial charge is 0.372 e. The number of rotatable bonds is 5. The second-order valence-corrected chi connectivity index (χ2v) is 4.79. The zero-order valence-corrected chi connectivity index (χ0v) is 11.6. The van der Waals surface area contributed by atoms with Crippen LogP contribution in [0.2, 0.25) is 0 Å². The molecule has 0 bridgehead atoms. The Bertz CT molecular complexity index is 416. The molecule has 0 aliphatic rings. The number of benzene rings is 1. The lowest BCUT2D eigenvalue weighted by atomic mass is 10.1. The molecule has 1 aromatic carbocycles. The van der Waals surface area contributed by atoms with Crippen molar-refractivity contribution in [3.05, 3.63) is 29.3 Å². The van der Waals surface area contributed by atoms with Crippen LogP contribution in [-0.2, 0) is 12.7 Å². The fourth-order valence-electron chi connectivity index (χ4n) is 2.12. The van der Waals surface area contributed by atoms with Gasteiger partial charge in [-0.3, -0.25) is 0 Å². The number of alkyl halides is 3. The largest absolute Gasteiger partial charge is 0.416 e. The van der Waals surface area contributed by atoms with E-state index in [1.165, 1.54) is 6.07 Å². The SMILES string of the molecule is CCCC(C)N(C)c1ccc(C(F)(F)F)cc1CN. The van der Waals surface area contributed by atoms with Crippen LogP contribution in [0.3, 0.4) is 0 Å². The summed E-state index contributed by atoms with van der Waals surface area (Å²) >= 11 is 0. The van der Waals surface area contributed by atoms with Gasteiger partial charge in [-0.05, 0) is 37.1 Å². The third-order valence-corrected chi connectivity index (χ3v) is 3.37. The highest BCUT2D eigenvalue weighted by atomic mass is 19.4. The molecular weight excluding hydrogens is 253 g/mol. The summed E-state index contributed by atoms with van der Waals surface area (Å²) in [6.07, 6.45) is -2.30. The van der Waals surface area contributed by atoms with Gasteiger partial charge < -0.3 is 10.6 Å². The first-order chi connectivity index (χ1) is 8.81. The van der Waals surface area contributed by atoms with Crippen LogP contribution in [0.4, 0.5) is 18.9 Å². The Balaban J connectivity index is 3.09. The molecular formula is C14H21F3N2. The molecule has 1 atom stereocenters. The topological polar surface area (TPSA) is 29.3 Å². The van der Waals surface area contributed by atoms with Crippen molar-refractivity contribution in [2.45, 2.75) is 45.5 Å². The predicted molar refractivity (Wildman–Crippen MR) is 72.1 cm³/mol. The minimum atomic E-state index is -4.32. The summed E-state index contributed by atoms with van der Waals surface area (Å²) in [5, 5.41) is 0. The predicted octanol–water partition coefficient (Wildman–Crippen LogP) is 3.79. The van der Waals surface area contributed by atoms with Gasteiger partial charge in [0.05, 0.1) is 5.56 Å². The molecule has 108 valence electrons. The van der Waals surface area contributed by atoms with E-state index in [0.29, 0.717) is 5.56 Å². The first-order valence-corrected chi connectivity index (χ1v) is 6.44. The van der Waals surface area contributed by atoms with Gasteiger partial charge in [-0.25, -0.2) is 0 Å². The standard InChI is InChI=1S/C14H21F3N2/c1-4-5-10(2)19(3)13-7-6-12(14(15,16)17)8-11(13)9-18/h6-8,10H,4-5,9,18H2,1-3H3. The molecule has 1 rings (SSSR count). The maximum absolute atomic E-state index is 12.7. The first-order valence-electron chi connectivity index (χ1n) is 6.44. The van der Waals surface area contributed by atoms with E-state index in [1.807, 2.05) is 11.9 Å². The number of anilines is 1. The van der Waals surface area contributed by atoms with Gasteiger partial charge in [0.15, 0.2) is 0 Å². The maximum Gasteiger partial charge on any atom is 0.416 e. The highest BCUT2D eigenvalue weighted by molar-refractivity contribution is 5.55. The Morgan fingerprint density at radius 1 is 1.32 bits per heavy atom. The maximum atomic E-state index is 12.7. The highest BCUT2D eigenvalue weighted by Crippen LogP contribution is 2.33. The molecule has 2 N–H and O–H groups in total. The molecule has 2 nitrogen and oxygen atoms in total. The van der Waals surface area contributed by atoms with Gasteiger partial charge in [-0.1, -0.05) is 13.3 Å². The third-order valence-electron chi connectivity index (χ3n) is 3.37. The number of hydrogen-bond donors (Lipinski definition) is 1. The lowest BCUT2D eigenvalue weighted by molar-refractivity contribution is -0.137.